The molecule has 9 atom stereocenters. The topological polar surface area (TPSA) is 37.3 Å². The number of aliphatic hydroxyl groups is 1. The van der Waals surface area contributed by atoms with Gasteiger partial charge < -0.3 is 5.11 Å². The number of fused-ring (bicyclic) bond motifs is 2. The van der Waals surface area contributed by atoms with Gasteiger partial charge in [-0.05, 0) is 117 Å². The Labute approximate surface area is 197 Å². The summed E-state index contributed by atoms with van der Waals surface area (Å²) >= 11 is 0. The lowest BCUT2D eigenvalue weighted by molar-refractivity contribution is -0.157. The van der Waals surface area contributed by atoms with Crippen molar-refractivity contribution in [3.63, 3.8) is 0 Å². The summed E-state index contributed by atoms with van der Waals surface area (Å²) in [5.74, 6) is 3.29. The highest BCUT2D eigenvalue weighted by Crippen LogP contribution is 2.88. The maximum absolute atomic E-state index is 12.8. The van der Waals surface area contributed by atoms with E-state index in [1.807, 2.05) is 6.08 Å². The van der Waals surface area contributed by atoms with E-state index in [-0.39, 0.29) is 11.5 Å². The van der Waals surface area contributed by atoms with Crippen LogP contribution in [0.25, 0.3) is 0 Å². The summed E-state index contributed by atoms with van der Waals surface area (Å²) in [5, 5.41) is 10.6. The van der Waals surface area contributed by atoms with E-state index in [4.69, 9.17) is 0 Å². The van der Waals surface area contributed by atoms with Gasteiger partial charge in [0.25, 0.3) is 0 Å². The average molecular weight is 441 g/mol. The van der Waals surface area contributed by atoms with Crippen LogP contribution in [-0.2, 0) is 4.79 Å². The van der Waals surface area contributed by atoms with E-state index in [0.29, 0.717) is 39.3 Å². The number of aliphatic hydroxyl groups excluding tert-OH is 1. The maximum atomic E-state index is 12.8. The minimum absolute atomic E-state index is 0.109. The van der Waals surface area contributed by atoms with Crippen LogP contribution in [0.2, 0.25) is 0 Å². The molecule has 0 aromatic heterocycles. The largest absolute Gasteiger partial charge is 0.389 e. The van der Waals surface area contributed by atoms with E-state index < -0.39 is 0 Å². The summed E-state index contributed by atoms with van der Waals surface area (Å²) in [5.41, 5.74) is 2.93. The van der Waals surface area contributed by atoms with E-state index in [2.05, 4.69) is 48.5 Å². The zero-order valence-corrected chi connectivity index (χ0v) is 21.9. The highest BCUT2D eigenvalue weighted by Gasteiger charge is 2.82. The zero-order chi connectivity index (χ0) is 23.3. The molecule has 5 rings (SSSR count). The molecule has 32 heavy (non-hydrogen) atoms. The first-order valence-electron chi connectivity index (χ1n) is 13.7. The van der Waals surface area contributed by atoms with Crippen molar-refractivity contribution in [2.24, 2.45) is 50.7 Å². The van der Waals surface area contributed by atoms with Crippen molar-refractivity contribution in [1.82, 2.24) is 0 Å². The lowest BCUT2D eigenvalue weighted by Crippen LogP contribution is -2.57. The normalized spacial score (nSPS) is 50.4. The molecule has 180 valence electrons. The second-order valence-corrected chi connectivity index (χ2v) is 14.3. The number of hydrogen-bond acceptors (Lipinski definition) is 2. The van der Waals surface area contributed by atoms with Crippen LogP contribution in [-0.4, -0.2) is 17.0 Å². The first kappa shape index (κ1) is 23.1. The summed E-state index contributed by atoms with van der Waals surface area (Å²) in [6.45, 7) is 16.4. The van der Waals surface area contributed by atoms with Gasteiger partial charge in [-0.3, -0.25) is 4.79 Å². The van der Waals surface area contributed by atoms with Crippen LogP contribution in [0.1, 0.15) is 113 Å². The molecule has 2 heteroatoms. The number of rotatable bonds is 4. The molecule has 9 unspecified atom stereocenters. The standard InChI is InChI=1S/C30H48O2/c1-19(2)16-21(31)17-20(3)22-10-12-28(7)24-9-8-23-26(4,5)25(32)11-13-29(23)18-30(24,29)15-14-27(22,28)6/h16,20-24,31H,8-15,17-18H2,1-7H3. The van der Waals surface area contributed by atoms with Crippen LogP contribution >= 0.6 is 0 Å². The molecule has 2 spiro atoms. The Hall–Kier alpha value is -0.630. The van der Waals surface area contributed by atoms with Crippen LogP contribution in [0.5, 0.6) is 0 Å². The van der Waals surface area contributed by atoms with Crippen LogP contribution in [0.3, 0.4) is 0 Å². The monoisotopic (exact) mass is 440 g/mol. The quantitative estimate of drug-likeness (QED) is 0.464. The summed E-state index contributed by atoms with van der Waals surface area (Å²) in [6, 6.07) is 0. The van der Waals surface area contributed by atoms with Crippen LogP contribution in [0.15, 0.2) is 11.6 Å². The van der Waals surface area contributed by atoms with Crippen LogP contribution < -0.4 is 0 Å². The van der Waals surface area contributed by atoms with E-state index in [0.717, 1.165) is 24.7 Å². The number of allylic oxidation sites excluding steroid dienone is 1. The fraction of sp³-hybridized carbons (Fsp3) is 0.900. The van der Waals surface area contributed by atoms with Crippen LogP contribution in [0.4, 0.5) is 0 Å². The second-order valence-electron chi connectivity index (χ2n) is 14.3. The molecule has 1 N–H and O–H groups in total. The highest BCUT2D eigenvalue weighted by molar-refractivity contribution is 5.86. The Kier molecular flexibility index (Phi) is 5.03. The number of carbonyl (C=O) groups is 1. The molecule has 0 aliphatic heterocycles. The van der Waals surface area contributed by atoms with Crippen molar-refractivity contribution in [2.45, 2.75) is 119 Å². The number of carbonyl (C=O) groups excluding carboxylic acids is 1. The molecule has 5 saturated carbocycles. The molecule has 5 aliphatic carbocycles. The Morgan fingerprint density at radius 2 is 1.62 bits per heavy atom. The number of hydrogen-bond donors (Lipinski definition) is 1. The van der Waals surface area contributed by atoms with Gasteiger partial charge in [0, 0.05) is 11.8 Å². The minimum Gasteiger partial charge on any atom is -0.389 e. The minimum atomic E-state index is -0.301. The first-order chi connectivity index (χ1) is 14.8. The predicted octanol–water partition coefficient (Wildman–Crippen LogP) is 7.35. The van der Waals surface area contributed by atoms with E-state index in [1.165, 1.54) is 56.9 Å². The Morgan fingerprint density at radius 3 is 2.31 bits per heavy atom. The molecule has 2 nitrogen and oxygen atoms in total. The SMILES string of the molecule is CC(C)=CC(O)CC(C)C1CCC2(C)C3CCC4C(C)(C)C(=O)CCC45CC35CCC12C. The molecule has 0 saturated heterocycles. The summed E-state index contributed by atoms with van der Waals surface area (Å²) < 4.78 is 0. The average Bonchev–Trinajstić information content (AvgIpc) is 3.27. The summed E-state index contributed by atoms with van der Waals surface area (Å²) in [6.07, 6.45) is 14.1. The molecule has 0 radical (unpaired) electrons. The van der Waals surface area contributed by atoms with Gasteiger partial charge in [0.15, 0.2) is 0 Å². The molecule has 5 aliphatic rings. The number of Topliss-reactive ketones (excluding diaryl/α,β-unsaturated/α-hetero) is 1. The van der Waals surface area contributed by atoms with Gasteiger partial charge in [-0.1, -0.05) is 46.3 Å². The maximum Gasteiger partial charge on any atom is 0.138 e. The lowest BCUT2D eigenvalue weighted by atomic mass is 9.42. The highest BCUT2D eigenvalue weighted by atomic mass is 16.3. The van der Waals surface area contributed by atoms with E-state index >= 15 is 0 Å². The van der Waals surface area contributed by atoms with Gasteiger partial charge in [-0.15, -0.1) is 0 Å². The van der Waals surface area contributed by atoms with Gasteiger partial charge in [0.05, 0.1) is 6.10 Å². The van der Waals surface area contributed by atoms with E-state index in [1.54, 1.807) is 0 Å². The van der Waals surface area contributed by atoms with Gasteiger partial charge in [-0.25, -0.2) is 0 Å². The molecular formula is C30H48O2. The molecular weight excluding hydrogens is 392 g/mol. The Balaban J connectivity index is 1.42. The molecule has 5 fully saturated rings. The lowest BCUT2D eigenvalue weighted by Gasteiger charge is -2.62. The van der Waals surface area contributed by atoms with Crippen molar-refractivity contribution < 1.29 is 9.90 Å². The van der Waals surface area contributed by atoms with Crippen LogP contribution in [0, 0.1) is 50.7 Å². The Bertz CT molecular complexity index is 836. The van der Waals surface area contributed by atoms with Crippen molar-refractivity contribution in [3.8, 4) is 0 Å². The fourth-order valence-corrected chi connectivity index (χ4v) is 11.1. The van der Waals surface area contributed by atoms with Crippen molar-refractivity contribution in [2.75, 3.05) is 0 Å². The molecule has 0 aromatic carbocycles. The van der Waals surface area contributed by atoms with Crippen molar-refractivity contribution in [3.05, 3.63) is 11.6 Å². The third-order valence-corrected chi connectivity index (χ3v) is 12.7. The zero-order valence-electron chi connectivity index (χ0n) is 21.9. The van der Waals surface area contributed by atoms with E-state index in [9.17, 15) is 9.90 Å². The van der Waals surface area contributed by atoms with Gasteiger partial charge in [0.2, 0.25) is 0 Å². The molecule has 0 aromatic rings. The van der Waals surface area contributed by atoms with Gasteiger partial charge >= 0.3 is 0 Å². The molecule has 0 amide bonds. The fourth-order valence-electron chi connectivity index (χ4n) is 11.1. The number of ketones is 1. The smallest absolute Gasteiger partial charge is 0.138 e. The van der Waals surface area contributed by atoms with Gasteiger partial charge in [-0.2, -0.15) is 0 Å². The molecule has 0 heterocycles. The summed E-state index contributed by atoms with van der Waals surface area (Å²) in [7, 11) is 0. The Morgan fingerprint density at radius 1 is 0.969 bits per heavy atom. The van der Waals surface area contributed by atoms with Gasteiger partial charge in [0.1, 0.15) is 5.78 Å². The van der Waals surface area contributed by atoms with Crippen molar-refractivity contribution in [1.29, 1.82) is 0 Å². The second kappa shape index (κ2) is 6.96. The summed E-state index contributed by atoms with van der Waals surface area (Å²) in [4.78, 5) is 12.8. The van der Waals surface area contributed by atoms with Crippen molar-refractivity contribution >= 4 is 5.78 Å². The first-order valence-corrected chi connectivity index (χ1v) is 13.7. The third-order valence-electron chi connectivity index (χ3n) is 12.7. The third kappa shape index (κ3) is 2.71. The predicted molar refractivity (Wildman–Crippen MR) is 131 cm³/mol. The molecule has 0 bridgehead atoms.